The van der Waals surface area contributed by atoms with Crippen LogP contribution in [0.4, 0.5) is 4.79 Å². The average molecular weight is 454 g/mol. The maximum Gasteiger partial charge on any atom is 0.407 e. The molecule has 1 amide bonds. The van der Waals surface area contributed by atoms with E-state index >= 15 is 0 Å². The molecule has 0 aliphatic carbocycles. The Bertz CT molecular complexity index is 1010. The molecule has 0 radical (unpaired) electrons. The fourth-order valence-electron chi connectivity index (χ4n) is 3.85. The third kappa shape index (κ3) is 5.53. The molecule has 0 aromatic heterocycles. The average Bonchev–Trinajstić information content (AvgIpc) is 3.05. The van der Waals surface area contributed by atoms with Gasteiger partial charge in [0.15, 0.2) is 0 Å². The molecular formula is C26H31NO6. The van der Waals surface area contributed by atoms with E-state index in [0.717, 1.165) is 5.56 Å². The molecule has 0 bridgehead atoms. The highest BCUT2D eigenvalue weighted by atomic mass is 16.6. The van der Waals surface area contributed by atoms with Crippen molar-refractivity contribution < 1.29 is 28.6 Å². The molecule has 1 aliphatic heterocycles. The number of hydrogen-bond acceptors (Lipinski definition) is 6. The molecule has 33 heavy (non-hydrogen) atoms. The summed E-state index contributed by atoms with van der Waals surface area (Å²) in [5.74, 6) is -1.30. The van der Waals surface area contributed by atoms with Gasteiger partial charge in [-0.15, -0.1) is 0 Å². The number of benzene rings is 2. The predicted molar refractivity (Wildman–Crippen MR) is 122 cm³/mol. The van der Waals surface area contributed by atoms with E-state index in [9.17, 15) is 14.4 Å². The summed E-state index contributed by atoms with van der Waals surface area (Å²) < 4.78 is 16.9. The molecule has 0 spiro atoms. The molecule has 0 saturated heterocycles. The minimum Gasteiger partial charge on any atom is -0.457 e. The molecule has 1 aliphatic rings. The largest absolute Gasteiger partial charge is 0.457 e. The first kappa shape index (κ1) is 24.3. The van der Waals surface area contributed by atoms with Crippen molar-refractivity contribution >= 4 is 18.0 Å². The summed E-state index contributed by atoms with van der Waals surface area (Å²) >= 11 is 0. The van der Waals surface area contributed by atoms with Crippen LogP contribution in [0.15, 0.2) is 54.6 Å². The van der Waals surface area contributed by atoms with Gasteiger partial charge in [0.2, 0.25) is 0 Å². The van der Waals surface area contributed by atoms with Crippen LogP contribution >= 0.6 is 0 Å². The number of cyclic esters (lactones) is 1. The molecule has 0 saturated carbocycles. The Labute approximate surface area is 194 Å². The Morgan fingerprint density at radius 1 is 1.03 bits per heavy atom. The minimum absolute atomic E-state index is 0.0650. The Kier molecular flexibility index (Phi) is 7.10. The van der Waals surface area contributed by atoms with Crippen molar-refractivity contribution in [3.8, 4) is 0 Å². The zero-order valence-corrected chi connectivity index (χ0v) is 19.7. The molecule has 0 unspecified atom stereocenters. The number of alkyl carbamates (subject to hydrolysis) is 1. The van der Waals surface area contributed by atoms with Gasteiger partial charge in [0.1, 0.15) is 12.2 Å². The molecule has 7 nitrogen and oxygen atoms in total. The van der Waals surface area contributed by atoms with Gasteiger partial charge in [-0.3, -0.25) is 0 Å². The quantitative estimate of drug-likeness (QED) is 0.481. The number of rotatable bonds is 7. The number of carbonyl (C=O) groups excluding carboxylic acids is 3. The van der Waals surface area contributed by atoms with Crippen LogP contribution in [0.5, 0.6) is 0 Å². The Morgan fingerprint density at radius 3 is 2.30 bits per heavy atom. The minimum atomic E-state index is -1.82. The lowest BCUT2D eigenvalue weighted by Crippen LogP contribution is -2.57. The second kappa shape index (κ2) is 9.65. The van der Waals surface area contributed by atoms with Crippen molar-refractivity contribution in [2.45, 2.75) is 64.9 Å². The predicted octanol–water partition coefficient (Wildman–Crippen LogP) is 4.74. The third-order valence-corrected chi connectivity index (χ3v) is 5.21. The van der Waals surface area contributed by atoms with Gasteiger partial charge in [-0.05, 0) is 44.7 Å². The van der Waals surface area contributed by atoms with Crippen LogP contribution in [0, 0.1) is 5.92 Å². The normalized spacial score (nSPS) is 18.3. The van der Waals surface area contributed by atoms with Crippen LogP contribution in [0.1, 0.15) is 62.5 Å². The van der Waals surface area contributed by atoms with Gasteiger partial charge in [0, 0.05) is 5.56 Å². The molecule has 176 valence electrons. The first-order valence-corrected chi connectivity index (χ1v) is 11.1. The number of nitrogens with one attached hydrogen (secondary N) is 1. The standard InChI is InChI=1S/C26H31NO6/c1-17(2)15-21(27-24(30)31-16-18-11-7-6-8-12-18)26(23(29)33-25(3,4)5)20-14-10-9-13-19(20)22(28)32-26/h6-14,17,21H,15-16H2,1-5H3,(H,27,30)/t21-,26+/m0/s1. The summed E-state index contributed by atoms with van der Waals surface area (Å²) in [6, 6.07) is 15.0. The molecule has 2 aromatic carbocycles. The molecule has 2 atom stereocenters. The van der Waals surface area contributed by atoms with Crippen molar-refractivity contribution in [3.05, 3.63) is 71.3 Å². The number of hydrogen-bond donors (Lipinski definition) is 1. The second-order valence-corrected chi connectivity index (χ2v) is 9.56. The van der Waals surface area contributed by atoms with E-state index in [1.54, 1.807) is 45.0 Å². The molecule has 2 aromatic rings. The first-order valence-electron chi connectivity index (χ1n) is 11.1. The molecule has 1 N–H and O–H groups in total. The second-order valence-electron chi connectivity index (χ2n) is 9.56. The lowest BCUT2D eigenvalue weighted by Gasteiger charge is -2.37. The zero-order valence-electron chi connectivity index (χ0n) is 19.7. The number of carbonyl (C=O) groups is 3. The van der Waals surface area contributed by atoms with E-state index < -0.39 is 35.3 Å². The summed E-state index contributed by atoms with van der Waals surface area (Å²) in [5, 5.41) is 2.79. The van der Waals surface area contributed by atoms with Crippen molar-refractivity contribution in [3.63, 3.8) is 0 Å². The highest BCUT2D eigenvalue weighted by Gasteiger charge is 2.59. The Balaban J connectivity index is 1.96. The zero-order chi connectivity index (χ0) is 24.2. The van der Waals surface area contributed by atoms with Crippen molar-refractivity contribution in [1.29, 1.82) is 0 Å². The summed E-state index contributed by atoms with van der Waals surface area (Å²) in [5.41, 5.74) is -1.18. The number of ether oxygens (including phenoxy) is 3. The van der Waals surface area contributed by atoms with E-state index in [0.29, 0.717) is 12.0 Å². The SMILES string of the molecule is CC(C)C[C@H](NC(=O)OCc1ccccc1)[C@]1(C(=O)OC(C)(C)C)OC(=O)c2ccccc21. The van der Waals surface area contributed by atoms with Gasteiger partial charge in [0.25, 0.3) is 5.60 Å². The molecular weight excluding hydrogens is 422 g/mol. The van der Waals surface area contributed by atoms with Crippen LogP contribution in [-0.2, 0) is 31.2 Å². The van der Waals surface area contributed by atoms with E-state index in [1.807, 2.05) is 44.2 Å². The lowest BCUT2D eigenvalue weighted by molar-refractivity contribution is -0.181. The molecule has 0 fully saturated rings. The molecule has 7 heteroatoms. The van der Waals surface area contributed by atoms with E-state index in [4.69, 9.17) is 14.2 Å². The summed E-state index contributed by atoms with van der Waals surface area (Å²) in [4.78, 5) is 39.1. The van der Waals surface area contributed by atoms with Crippen molar-refractivity contribution in [2.24, 2.45) is 5.92 Å². The summed E-state index contributed by atoms with van der Waals surface area (Å²) in [6.07, 6.45) is -0.366. The van der Waals surface area contributed by atoms with E-state index in [-0.39, 0.29) is 18.1 Å². The maximum atomic E-state index is 13.6. The van der Waals surface area contributed by atoms with Gasteiger partial charge >= 0.3 is 18.0 Å². The topological polar surface area (TPSA) is 90.9 Å². The number of esters is 2. The highest BCUT2D eigenvalue weighted by molar-refractivity contribution is 6.01. The first-order chi connectivity index (χ1) is 15.5. The van der Waals surface area contributed by atoms with Crippen LogP contribution < -0.4 is 5.32 Å². The fraction of sp³-hybridized carbons (Fsp3) is 0.423. The number of amides is 1. The summed E-state index contributed by atoms with van der Waals surface area (Å²) in [7, 11) is 0. The Hall–Kier alpha value is -3.35. The van der Waals surface area contributed by atoms with Gasteiger partial charge in [0.05, 0.1) is 11.6 Å². The van der Waals surface area contributed by atoms with Crippen LogP contribution in [0.25, 0.3) is 0 Å². The van der Waals surface area contributed by atoms with Crippen LogP contribution in [-0.4, -0.2) is 29.7 Å². The van der Waals surface area contributed by atoms with Crippen molar-refractivity contribution in [1.82, 2.24) is 5.32 Å². The van der Waals surface area contributed by atoms with E-state index in [2.05, 4.69) is 5.32 Å². The summed E-state index contributed by atoms with van der Waals surface area (Å²) in [6.45, 7) is 9.18. The molecule has 1 heterocycles. The lowest BCUT2D eigenvalue weighted by atomic mass is 9.81. The highest BCUT2D eigenvalue weighted by Crippen LogP contribution is 2.43. The number of fused-ring (bicyclic) bond motifs is 1. The van der Waals surface area contributed by atoms with Gasteiger partial charge in [-0.25, -0.2) is 14.4 Å². The van der Waals surface area contributed by atoms with Crippen LogP contribution in [0.3, 0.4) is 0 Å². The van der Waals surface area contributed by atoms with Crippen LogP contribution in [0.2, 0.25) is 0 Å². The smallest absolute Gasteiger partial charge is 0.407 e. The monoisotopic (exact) mass is 453 g/mol. The third-order valence-electron chi connectivity index (χ3n) is 5.21. The van der Waals surface area contributed by atoms with Gasteiger partial charge < -0.3 is 19.5 Å². The molecule has 3 rings (SSSR count). The van der Waals surface area contributed by atoms with Gasteiger partial charge in [-0.1, -0.05) is 62.4 Å². The fourth-order valence-corrected chi connectivity index (χ4v) is 3.85. The van der Waals surface area contributed by atoms with Crippen molar-refractivity contribution in [2.75, 3.05) is 0 Å². The maximum absolute atomic E-state index is 13.6. The van der Waals surface area contributed by atoms with E-state index in [1.165, 1.54) is 0 Å². The van der Waals surface area contributed by atoms with Gasteiger partial charge in [-0.2, -0.15) is 0 Å². The Morgan fingerprint density at radius 2 is 1.67 bits per heavy atom.